The minimum atomic E-state index is -0.368. The van der Waals surface area contributed by atoms with E-state index in [2.05, 4.69) is 4.99 Å². The molecule has 1 heterocycles. The van der Waals surface area contributed by atoms with Gasteiger partial charge in [-0.05, 0) is 25.5 Å². The fourth-order valence-corrected chi connectivity index (χ4v) is 1.78. The molecule has 2 rings (SSSR count). The zero-order valence-corrected chi connectivity index (χ0v) is 9.23. The molecule has 0 aromatic heterocycles. The van der Waals surface area contributed by atoms with Gasteiger partial charge >= 0.3 is 0 Å². The number of anilines is 1. The summed E-state index contributed by atoms with van der Waals surface area (Å²) in [7, 11) is 0. The molecular weight excluding hydrogens is 204 g/mol. The molecule has 0 spiro atoms. The molecule has 0 N–H and O–H groups in total. The first-order valence-electron chi connectivity index (χ1n) is 5.06. The Morgan fingerprint density at radius 1 is 1.19 bits per heavy atom. The first-order valence-corrected chi connectivity index (χ1v) is 5.06. The van der Waals surface area contributed by atoms with Gasteiger partial charge in [-0.2, -0.15) is 4.99 Å². The number of hydrogen-bond donors (Lipinski definition) is 0. The lowest BCUT2D eigenvalue weighted by Gasteiger charge is -2.26. The van der Waals surface area contributed by atoms with Crippen LogP contribution in [0.25, 0.3) is 0 Å². The third kappa shape index (κ3) is 1.74. The molecule has 82 valence electrons. The van der Waals surface area contributed by atoms with E-state index in [9.17, 15) is 9.59 Å². The number of amides is 2. The Balaban J connectivity index is 2.49. The monoisotopic (exact) mass is 216 g/mol. The van der Waals surface area contributed by atoms with Crippen LogP contribution in [0.3, 0.4) is 0 Å². The first kappa shape index (κ1) is 10.5. The summed E-state index contributed by atoms with van der Waals surface area (Å²) in [6.07, 6.45) is -0.147. The van der Waals surface area contributed by atoms with Gasteiger partial charge in [0.25, 0.3) is 5.91 Å². The number of benzene rings is 1. The summed E-state index contributed by atoms with van der Waals surface area (Å²) in [5, 5.41) is 0. The van der Waals surface area contributed by atoms with E-state index in [1.165, 1.54) is 4.90 Å². The molecule has 0 unspecified atom stereocenters. The molecule has 16 heavy (non-hydrogen) atoms. The molecule has 1 aromatic carbocycles. The summed E-state index contributed by atoms with van der Waals surface area (Å²) in [5.74, 6) is -0.144. The summed E-state index contributed by atoms with van der Waals surface area (Å²) < 4.78 is 0. The average molecular weight is 216 g/mol. The second kappa shape index (κ2) is 3.89. The van der Waals surface area contributed by atoms with Crippen LogP contribution in [0.1, 0.15) is 18.9 Å². The second-order valence-electron chi connectivity index (χ2n) is 3.75. The van der Waals surface area contributed by atoms with E-state index in [4.69, 9.17) is 0 Å². The van der Waals surface area contributed by atoms with Gasteiger partial charge in [-0.3, -0.25) is 14.5 Å². The highest BCUT2D eigenvalue weighted by molar-refractivity contribution is 6.26. The van der Waals surface area contributed by atoms with E-state index < -0.39 is 0 Å². The van der Waals surface area contributed by atoms with Crippen molar-refractivity contribution < 1.29 is 9.59 Å². The zero-order valence-electron chi connectivity index (χ0n) is 9.23. The molecule has 1 aromatic rings. The maximum absolute atomic E-state index is 11.8. The van der Waals surface area contributed by atoms with E-state index in [1.807, 2.05) is 31.2 Å². The summed E-state index contributed by atoms with van der Waals surface area (Å²) in [5.41, 5.74) is 1.78. The van der Waals surface area contributed by atoms with Crippen molar-refractivity contribution in [3.05, 3.63) is 29.8 Å². The zero-order chi connectivity index (χ0) is 11.7. The largest absolute Gasteiger partial charge is 0.273 e. The number of aryl methyl sites for hydroxylation is 1. The van der Waals surface area contributed by atoms with Gasteiger partial charge in [0.2, 0.25) is 5.91 Å². The highest BCUT2D eigenvalue weighted by Crippen LogP contribution is 2.22. The van der Waals surface area contributed by atoms with Crippen molar-refractivity contribution >= 4 is 23.3 Å². The third-order valence-corrected chi connectivity index (χ3v) is 2.52. The minimum Gasteiger partial charge on any atom is -0.273 e. The fourth-order valence-electron chi connectivity index (χ4n) is 1.78. The molecule has 4 heteroatoms. The van der Waals surface area contributed by atoms with Gasteiger partial charge in [-0.15, -0.1) is 0 Å². The molecule has 0 radical (unpaired) electrons. The number of rotatable bonds is 1. The lowest BCUT2D eigenvalue weighted by molar-refractivity contribution is -0.126. The topological polar surface area (TPSA) is 49.7 Å². The van der Waals surface area contributed by atoms with Crippen LogP contribution in [0.4, 0.5) is 5.69 Å². The lowest BCUT2D eigenvalue weighted by Crippen LogP contribution is -2.40. The molecule has 0 aliphatic carbocycles. The van der Waals surface area contributed by atoms with E-state index in [0.29, 0.717) is 5.84 Å². The first-order chi connectivity index (χ1) is 7.59. The van der Waals surface area contributed by atoms with Crippen LogP contribution in [0.15, 0.2) is 29.3 Å². The van der Waals surface area contributed by atoms with Crippen molar-refractivity contribution in [3.8, 4) is 0 Å². The van der Waals surface area contributed by atoms with Crippen molar-refractivity contribution in [1.29, 1.82) is 0 Å². The Labute approximate surface area is 93.6 Å². The molecule has 1 aliphatic heterocycles. The highest BCUT2D eigenvalue weighted by Gasteiger charge is 2.27. The quantitative estimate of drug-likeness (QED) is 0.670. The fraction of sp³-hybridized carbons (Fsp3) is 0.250. The summed E-state index contributed by atoms with van der Waals surface area (Å²) in [6.45, 7) is 3.59. The van der Waals surface area contributed by atoms with Gasteiger partial charge in [0.05, 0.1) is 5.69 Å². The van der Waals surface area contributed by atoms with Crippen LogP contribution < -0.4 is 4.90 Å². The van der Waals surface area contributed by atoms with E-state index in [1.54, 1.807) is 6.92 Å². The number of aliphatic imine (C=N–C) groups is 1. The van der Waals surface area contributed by atoms with Gasteiger partial charge in [-0.1, -0.05) is 18.2 Å². The molecule has 1 aliphatic rings. The van der Waals surface area contributed by atoms with Crippen molar-refractivity contribution in [3.63, 3.8) is 0 Å². The molecule has 0 saturated carbocycles. The van der Waals surface area contributed by atoms with E-state index >= 15 is 0 Å². The number of para-hydroxylation sites is 1. The molecule has 0 fully saturated rings. The van der Waals surface area contributed by atoms with Crippen LogP contribution in [-0.4, -0.2) is 17.6 Å². The molecule has 2 amide bonds. The van der Waals surface area contributed by atoms with Gasteiger partial charge < -0.3 is 0 Å². The average Bonchev–Trinajstić information content (AvgIpc) is 2.19. The maximum Gasteiger partial charge on any atom is 0.256 e. The van der Waals surface area contributed by atoms with Gasteiger partial charge in [0, 0.05) is 0 Å². The third-order valence-electron chi connectivity index (χ3n) is 2.52. The van der Waals surface area contributed by atoms with Crippen molar-refractivity contribution in [1.82, 2.24) is 0 Å². The van der Waals surface area contributed by atoms with Crippen LogP contribution in [0.2, 0.25) is 0 Å². The van der Waals surface area contributed by atoms with Crippen LogP contribution in [0, 0.1) is 6.92 Å². The summed E-state index contributed by atoms with van der Waals surface area (Å²) in [4.78, 5) is 28.2. The van der Waals surface area contributed by atoms with E-state index in [-0.39, 0.29) is 18.2 Å². The second-order valence-corrected chi connectivity index (χ2v) is 3.75. The van der Waals surface area contributed by atoms with Crippen LogP contribution >= 0.6 is 0 Å². The molecule has 0 bridgehead atoms. The van der Waals surface area contributed by atoms with Crippen LogP contribution in [-0.2, 0) is 9.59 Å². The normalized spacial score (nSPS) is 16.4. The predicted octanol–water partition coefficient (Wildman–Crippen LogP) is 1.68. The number of carbonyl (C=O) groups is 2. The van der Waals surface area contributed by atoms with Gasteiger partial charge in [-0.25, -0.2) is 0 Å². The molecular formula is C12H12N2O2. The predicted molar refractivity (Wildman–Crippen MR) is 61.4 cm³/mol. The Bertz CT molecular complexity index is 492. The highest BCUT2D eigenvalue weighted by atomic mass is 16.2. The Hall–Kier alpha value is -1.97. The maximum atomic E-state index is 11.8. The number of nitrogens with zero attached hydrogens (tertiary/aromatic N) is 2. The van der Waals surface area contributed by atoms with Crippen LogP contribution in [0.5, 0.6) is 0 Å². The molecule has 0 atom stereocenters. The minimum absolute atomic E-state index is 0.147. The van der Waals surface area contributed by atoms with E-state index in [0.717, 1.165) is 11.3 Å². The van der Waals surface area contributed by atoms with Gasteiger partial charge in [0.15, 0.2) is 0 Å². The SMILES string of the molecule is CC1=NC(=O)CC(=O)N1c1ccccc1C. The van der Waals surface area contributed by atoms with Gasteiger partial charge in [0.1, 0.15) is 12.3 Å². The standard InChI is InChI=1S/C12H12N2O2/c1-8-5-3-4-6-10(8)14-9(2)13-11(15)7-12(14)16/h3-6H,7H2,1-2H3. The Morgan fingerprint density at radius 3 is 2.50 bits per heavy atom. The van der Waals surface area contributed by atoms with Crippen molar-refractivity contribution in [2.45, 2.75) is 20.3 Å². The summed E-state index contributed by atoms with van der Waals surface area (Å²) in [6, 6.07) is 7.54. The lowest BCUT2D eigenvalue weighted by atomic mass is 10.1. The molecule has 0 saturated heterocycles. The number of carbonyl (C=O) groups excluding carboxylic acids is 2. The number of hydrogen-bond acceptors (Lipinski definition) is 2. The smallest absolute Gasteiger partial charge is 0.256 e. The number of amidine groups is 1. The van der Waals surface area contributed by atoms with Crippen molar-refractivity contribution in [2.75, 3.05) is 4.90 Å². The van der Waals surface area contributed by atoms with Crippen molar-refractivity contribution in [2.24, 2.45) is 4.99 Å². The Kier molecular flexibility index (Phi) is 2.56. The molecule has 4 nitrogen and oxygen atoms in total. The Morgan fingerprint density at radius 2 is 1.88 bits per heavy atom. The summed E-state index contributed by atoms with van der Waals surface area (Å²) >= 11 is 0.